The normalized spacial score (nSPS) is 11.0. The summed E-state index contributed by atoms with van der Waals surface area (Å²) >= 11 is 6.23. The fourth-order valence-corrected chi connectivity index (χ4v) is 3.66. The molecule has 0 unspecified atom stereocenters. The summed E-state index contributed by atoms with van der Waals surface area (Å²) in [7, 11) is 0. The van der Waals surface area contributed by atoms with Crippen LogP contribution in [0.25, 0.3) is 39.2 Å². The van der Waals surface area contributed by atoms with Crippen molar-refractivity contribution in [2.45, 2.75) is 0 Å². The molecule has 0 amide bonds. The van der Waals surface area contributed by atoms with E-state index in [9.17, 15) is 9.90 Å². The van der Waals surface area contributed by atoms with Gasteiger partial charge < -0.3 is 5.11 Å². The standard InChI is InChI=1S/C24H15ClN4O2/c25-19-5-1-3-16(11-19)21-12-17-4-2-10-26-23(17)27-24(21)29-13-18(14-30)22(28-29)15-6-8-20(31)9-7-15/h1-14,31H. The van der Waals surface area contributed by atoms with E-state index < -0.39 is 0 Å². The van der Waals surface area contributed by atoms with Gasteiger partial charge in [-0.25, -0.2) is 14.6 Å². The number of benzene rings is 2. The number of aromatic nitrogens is 4. The third kappa shape index (κ3) is 3.53. The molecule has 0 aliphatic carbocycles. The van der Waals surface area contributed by atoms with Crippen molar-refractivity contribution in [1.82, 2.24) is 19.7 Å². The second-order valence-electron chi connectivity index (χ2n) is 6.96. The number of aromatic hydroxyl groups is 1. The molecule has 3 heterocycles. The Labute approximate surface area is 182 Å². The topological polar surface area (TPSA) is 80.9 Å². The number of rotatable bonds is 4. The van der Waals surface area contributed by atoms with E-state index in [1.54, 1.807) is 41.3 Å². The van der Waals surface area contributed by atoms with Gasteiger partial charge in [0, 0.05) is 33.9 Å². The molecular formula is C24H15ClN4O2. The van der Waals surface area contributed by atoms with Gasteiger partial charge in [0.2, 0.25) is 0 Å². The lowest BCUT2D eigenvalue weighted by Crippen LogP contribution is -2.03. The molecule has 2 aromatic carbocycles. The van der Waals surface area contributed by atoms with Crippen LogP contribution in [0.2, 0.25) is 5.02 Å². The molecule has 6 nitrogen and oxygen atoms in total. The fraction of sp³-hybridized carbons (Fsp3) is 0. The van der Waals surface area contributed by atoms with E-state index in [2.05, 4.69) is 10.1 Å². The minimum atomic E-state index is 0.140. The molecule has 0 saturated heterocycles. The second kappa shape index (κ2) is 7.66. The summed E-state index contributed by atoms with van der Waals surface area (Å²) in [5.74, 6) is 0.669. The molecule has 0 bridgehead atoms. The van der Waals surface area contributed by atoms with Crippen LogP contribution >= 0.6 is 11.6 Å². The Bertz CT molecular complexity index is 1430. The number of hydrogen-bond donors (Lipinski definition) is 1. The van der Waals surface area contributed by atoms with E-state index >= 15 is 0 Å². The van der Waals surface area contributed by atoms with Gasteiger partial charge in [-0.3, -0.25) is 4.79 Å². The van der Waals surface area contributed by atoms with Crippen molar-refractivity contribution in [3.05, 3.63) is 89.7 Å². The van der Waals surface area contributed by atoms with E-state index in [-0.39, 0.29) is 5.75 Å². The number of nitrogens with zero attached hydrogens (tertiary/aromatic N) is 4. The lowest BCUT2D eigenvalue weighted by molar-refractivity contribution is 0.112. The van der Waals surface area contributed by atoms with Crippen LogP contribution < -0.4 is 0 Å². The minimum Gasteiger partial charge on any atom is -0.508 e. The molecule has 0 spiro atoms. The van der Waals surface area contributed by atoms with Crippen LogP contribution in [0.4, 0.5) is 0 Å². The maximum Gasteiger partial charge on any atom is 0.163 e. The highest BCUT2D eigenvalue weighted by Gasteiger charge is 2.17. The fourth-order valence-electron chi connectivity index (χ4n) is 3.46. The molecule has 0 saturated carbocycles. The second-order valence-corrected chi connectivity index (χ2v) is 7.40. The highest BCUT2D eigenvalue weighted by atomic mass is 35.5. The van der Waals surface area contributed by atoms with Crippen molar-refractivity contribution >= 4 is 28.9 Å². The molecule has 0 atom stereocenters. The Hall–Kier alpha value is -4.03. The lowest BCUT2D eigenvalue weighted by Gasteiger charge is -2.11. The highest BCUT2D eigenvalue weighted by molar-refractivity contribution is 6.30. The zero-order chi connectivity index (χ0) is 21.4. The summed E-state index contributed by atoms with van der Waals surface area (Å²) in [4.78, 5) is 20.9. The first-order valence-electron chi connectivity index (χ1n) is 9.49. The van der Waals surface area contributed by atoms with Gasteiger partial charge in [-0.05, 0) is 60.2 Å². The average molecular weight is 427 g/mol. The molecular weight excluding hydrogens is 412 g/mol. The molecule has 5 rings (SSSR count). The third-order valence-electron chi connectivity index (χ3n) is 4.93. The number of carbonyl (C=O) groups is 1. The maximum atomic E-state index is 11.8. The first-order valence-corrected chi connectivity index (χ1v) is 9.86. The number of phenolic OH excluding ortho intramolecular Hbond substituents is 1. The summed E-state index contributed by atoms with van der Waals surface area (Å²) in [6.07, 6.45) is 4.07. The number of aldehydes is 1. The lowest BCUT2D eigenvalue weighted by atomic mass is 10.1. The van der Waals surface area contributed by atoms with Crippen LogP contribution in [0.1, 0.15) is 10.4 Å². The summed E-state index contributed by atoms with van der Waals surface area (Å²) in [6, 6.07) is 19.8. The first-order chi connectivity index (χ1) is 15.1. The minimum absolute atomic E-state index is 0.140. The SMILES string of the molecule is O=Cc1cn(-c2nc3ncccc3cc2-c2cccc(Cl)c2)nc1-c1ccc(O)cc1. The predicted octanol–water partition coefficient (Wildman–Crippen LogP) is 5.32. The van der Waals surface area contributed by atoms with Gasteiger partial charge in [0.05, 0.1) is 5.56 Å². The van der Waals surface area contributed by atoms with E-state index in [1.165, 1.54) is 0 Å². The van der Waals surface area contributed by atoms with E-state index in [0.29, 0.717) is 33.3 Å². The number of carbonyl (C=O) groups excluding carboxylic acids is 1. The van der Waals surface area contributed by atoms with Gasteiger partial charge in [0.25, 0.3) is 0 Å². The Morgan fingerprint density at radius 3 is 2.58 bits per heavy atom. The van der Waals surface area contributed by atoms with Crippen molar-refractivity contribution in [1.29, 1.82) is 0 Å². The van der Waals surface area contributed by atoms with Gasteiger partial charge in [-0.2, -0.15) is 5.10 Å². The van der Waals surface area contributed by atoms with Crippen molar-refractivity contribution in [3.8, 4) is 34.0 Å². The Balaban J connectivity index is 1.75. The molecule has 1 N–H and O–H groups in total. The van der Waals surface area contributed by atoms with Crippen LogP contribution in [-0.2, 0) is 0 Å². The number of fused-ring (bicyclic) bond motifs is 1. The van der Waals surface area contributed by atoms with Crippen LogP contribution in [-0.4, -0.2) is 31.1 Å². The van der Waals surface area contributed by atoms with Crippen LogP contribution in [0, 0.1) is 0 Å². The highest BCUT2D eigenvalue weighted by Crippen LogP contribution is 2.31. The summed E-state index contributed by atoms with van der Waals surface area (Å²) in [5.41, 5.74) is 3.86. The quantitative estimate of drug-likeness (QED) is 0.393. The number of pyridine rings is 2. The molecule has 3 aromatic heterocycles. The third-order valence-corrected chi connectivity index (χ3v) is 5.17. The molecule has 0 radical (unpaired) electrons. The smallest absolute Gasteiger partial charge is 0.163 e. The predicted molar refractivity (Wildman–Crippen MR) is 120 cm³/mol. The Morgan fingerprint density at radius 2 is 1.81 bits per heavy atom. The van der Waals surface area contributed by atoms with Crippen LogP contribution in [0.3, 0.4) is 0 Å². The molecule has 31 heavy (non-hydrogen) atoms. The number of hydrogen-bond acceptors (Lipinski definition) is 5. The van der Waals surface area contributed by atoms with Gasteiger partial charge in [0.1, 0.15) is 11.4 Å². The van der Waals surface area contributed by atoms with E-state index in [1.807, 2.05) is 42.5 Å². The summed E-state index contributed by atoms with van der Waals surface area (Å²) in [5, 5.41) is 15.7. The maximum absolute atomic E-state index is 11.8. The molecule has 5 aromatic rings. The number of halogens is 1. The molecule has 0 fully saturated rings. The zero-order valence-corrected chi connectivity index (χ0v) is 16.9. The molecule has 150 valence electrons. The van der Waals surface area contributed by atoms with E-state index in [0.717, 1.165) is 22.8 Å². The van der Waals surface area contributed by atoms with Gasteiger partial charge in [-0.15, -0.1) is 0 Å². The Morgan fingerprint density at radius 1 is 0.968 bits per heavy atom. The van der Waals surface area contributed by atoms with Crippen molar-refractivity contribution in [2.24, 2.45) is 0 Å². The molecule has 0 aliphatic heterocycles. The van der Waals surface area contributed by atoms with Crippen LogP contribution in [0.5, 0.6) is 5.75 Å². The number of phenols is 1. The van der Waals surface area contributed by atoms with Gasteiger partial charge >= 0.3 is 0 Å². The van der Waals surface area contributed by atoms with Gasteiger partial charge in [0.15, 0.2) is 17.8 Å². The van der Waals surface area contributed by atoms with Crippen molar-refractivity contribution in [3.63, 3.8) is 0 Å². The van der Waals surface area contributed by atoms with Crippen molar-refractivity contribution < 1.29 is 9.90 Å². The first kappa shape index (κ1) is 19.0. The Kier molecular flexibility index (Phi) is 4.69. The van der Waals surface area contributed by atoms with E-state index in [4.69, 9.17) is 16.6 Å². The molecule has 0 aliphatic rings. The molecule has 7 heteroatoms. The van der Waals surface area contributed by atoms with Crippen molar-refractivity contribution in [2.75, 3.05) is 0 Å². The van der Waals surface area contributed by atoms with Gasteiger partial charge in [-0.1, -0.05) is 23.7 Å². The largest absolute Gasteiger partial charge is 0.508 e. The summed E-state index contributed by atoms with van der Waals surface area (Å²) in [6.45, 7) is 0. The zero-order valence-electron chi connectivity index (χ0n) is 16.1. The summed E-state index contributed by atoms with van der Waals surface area (Å²) < 4.78 is 1.58. The average Bonchev–Trinajstić information content (AvgIpc) is 3.23. The monoisotopic (exact) mass is 426 g/mol. The van der Waals surface area contributed by atoms with Crippen LogP contribution in [0.15, 0.2) is 79.1 Å².